The zero-order valence-electron chi connectivity index (χ0n) is 13.8. The van der Waals surface area contributed by atoms with Gasteiger partial charge in [0.25, 0.3) is 0 Å². The van der Waals surface area contributed by atoms with Crippen LogP contribution in [0.25, 0.3) is 10.8 Å². The van der Waals surface area contributed by atoms with E-state index in [1.807, 2.05) is 19.1 Å². The van der Waals surface area contributed by atoms with E-state index in [-0.39, 0.29) is 12.1 Å². The zero-order chi connectivity index (χ0) is 16.5. The molecule has 4 heteroatoms. The summed E-state index contributed by atoms with van der Waals surface area (Å²) in [6.45, 7) is 6.01. The van der Waals surface area contributed by atoms with Gasteiger partial charge in [0.15, 0.2) is 0 Å². The van der Waals surface area contributed by atoms with Crippen molar-refractivity contribution in [1.82, 2.24) is 16.0 Å². The third-order valence-electron chi connectivity index (χ3n) is 3.72. The average Bonchev–Trinajstić information content (AvgIpc) is 2.57. The predicted octanol–water partition coefficient (Wildman–Crippen LogP) is 3.37. The van der Waals surface area contributed by atoms with Gasteiger partial charge in [0, 0.05) is 25.7 Å². The molecule has 0 fully saturated rings. The lowest BCUT2D eigenvalue weighted by atomic mass is 10.00. The highest BCUT2D eigenvalue weighted by atomic mass is 16.2. The van der Waals surface area contributed by atoms with Crippen molar-refractivity contribution in [2.24, 2.45) is 0 Å². The summed E-state index contributed by atoms with van der Waals surface area (Å²) in [7, 11) is 0. The van der Waals surface area contributed by atoms with Crippen LogP contribution in [0.2, 0.25) is 0 Å². The molecule has 2 rings (SSSR count). The molecule has 23 heavy (non-hydrogen) atoms. The molecule has 4 nitrogen and oxygen atoms in total. The fourth-order valence-electron chi connectivity index (χ4n) is 2.52. The number of nitrogens with one attached hydrogen (secondary N) is 3. The number of carbonyl (C=O) groups excluding carboxylic acids is 1. The van der Waals surface area contributed by atoms with Gasteiger partial charge in [0.2, 0.25) is 0 Å². The Morgan fingerprint density at radius 3 is 2.61 bits per heavy atom. The molecule has 0 heterocycles. The van der Waals surface area contributed by atoms with Gasteiger partial charge in [-0.1, -0.05) is 54.6 Å². The summed E-state index contributed by atoms with van der Waals surface area (Å²) in [5.41, 5.74) is 1.30. The molecule has 1 atom stereocenters. The van der Waals surface area contributed by atoms with Crippen molar-refractivity contribution in [2.45, 2.75) is 19.9 Å². The summed E-state index contributed by atoms with van der Waals surface area (Å²) >= 11 is 0. The zero-order valence-corrected chi connectivity index (χ0v) is 13.8. The molecule has 3 N–H and O–H groups in total. The molecule has 0 bridgehead atoms. The van der Waals surface area contributed by atoms with Gasteiger partial charge >= 0.3 is 6.03 Å². The number of hydrogen-bond acceptors (Lipinski definition) is 2. The van der Waals surface area contributed by atoms with Gasteiger partial charge in [-0.2, -0.15) is 0 Å². The van der Waals surface area contributed by atoms with Gasteiger partial charge in [-0.25, -0.2) is 4.79 Å². The van der Waals surface area contributed by atoms with Crippen LogP contribution in [0.15, 0.2) is 54.6 Å². The Morgan fingerprint density at radius 2 is 1.78 bits per heavy atom. The van der Waals surface area contributed by atoms with Gasteiger partial charge < -0.3 is 16.0 Å². The SMILES string of the molecule is CCNC(=O)NC/C=C/CN[C@H](C)c1cccc2ccccc12. The predicted molar refractivity (Wildman–Crippen MR) is 96.6 cm³/mol. The minimum Gasteiger partial charge on any atom is -0.338 e. The lowest BCUT2D eigenvalue weighted by molar-refractivity contribution is 0.242. The second-order valence-corrected chi connectivity index (χ2v) is 5.41. The number of carbonyl (C=O) groups is 1. The van der Waals surface area contributed by atoms with E-state index >= 15 is 0 Å². The van der Waals surface area contributed by atoms with Crippen LogP contribution in [0.4, 0.5) is 4.79 Å². The maximum Gasteiger partial charge on any atom is 0.315 e. The Kier molecular flexibility index (Phi) is 6.63. The number of fused-ring (bicyclic) bond motifs is 1. The second kappa shape index (κ2) is 8.96. The molecule has 122 valence electrons. The smallest absolute Gasteiger partial charge is 0.315 e. The van der Waals surface area contributed by atoms with Gasteiger partial charge in [0.1, 0.15) is 0 Å². The highest BCUT2D eigenvalue weighted by molar-refractivity contribution is 5.86. The fourth-order valence-corrected chi connectivity index (χ4v) is 2.52. The number of hydrogen-bond donors (Lipinski definition) is 3. The maximum absolute atomic E-state index is 11.2. The van der Waals surface area contributed by atoms with Crippen molar-refractivity contribution in [3.05, 3.63) is 60.2 Å². The van der Waals surface area contributed by atoms with E-state index < -0.39 is 0 Å². The molecule has 0 saturated heterocycles. The minimum absolute atomic E-state index is 0.130. The van der Waals surface area contributed by atoms with Crippen LogP contribution < -0.4 is 16.0 Å². The minimum atomic E-state index is -0.130. The first kappa shape index (κ1) is 17.0. The first-order valence-corrected chi connectivity index (χ1v) is 8.10. The summed E-state index contributed by atoms with van der Waals surface area (Å²) in [4.78, 5) is 11.2. The summed E-state index contributed by atoms with van der Waals surface area (Å²) < 4.78 is 0. The number of urea groups is 1. The van der Waals surface area contributed by atoms with E-state index in [4.69, 9.17) is 0 Å². The van der Waals surface area contributed by atoms with Crippen LogP contribution in [0.1, 0.15) is 25.5 Å². The molecule has 0 saturated carbocycles. The van der Waals surface area contributed by atoms with Crippen LogP contribution in [-0.2, 0) is 0 Å². The van der Waals surface area contributed by atoms with E-state index in [1.54, 1.807) is 0 Å². The summed E-state index contributed by atoms with van der Waals surface area (Å²) in [6.07, 6.45) is 3.99. The molecule has 0 radical (unpaired) electrons. The molecular weight excluding hydrogens is 286 g/mol. The van der Waals surface area contributed by atoms with Crippen LogP contribution in [-0.4, -0.2) is 25.7 Å². The molecule has 2 aromatic carbocycles. The molecule has 0 spiro atoms. The molecule has 0 aromatic heterocycles. The number of benzene rings is 2. The molecule has 0 aliphatic carbocycles. The van der Waals surface area contributed by atoms with Gasteiger partial charge in [-0.15, -0.1) is 0 Å². The van der Waals surface area contributed by atoms with Crippen molar-refractivity contribution >= 4 is 16.8 Å². The van der Waals surface area contributed by atoms with Gasteiger partial charge in [-0.3, -0.25) is 0 Å². The third-order valence-corrected chi connectivity index (χ3v) is 3.72. The molecule has 0 aliphatic heterocycles. The maximum atomic E-state index is 11.2. The molecule has 2 aromatic rings. The summed E-state index contributed by atoms with van der Waals surface area (Å²) in [5.74, 6) is 0. The molecule has 0 aliphatic rings. The largest absolute Gasteiger partial charge is 0.338 e. The highest BCUT2D eigenvalue weighted by Gasteiger charge is 2.07. The third kappa shape index (κ3) is 5.11. The van der Waals surface area contributed by atoms with Gasteiger partial charge in [-0.05, 0) is 30.2 Å². The molecular formula is C19H25N3O. The van der Waals surface area contributed by atoms with E-state index in [0.29, 0.717) is 13.1 Å². The van der Waals surface area contributed by atoms with Crippen LogP contribution in [0, 0.1) is 0 Å². The first-order valence-electron chi connectivity index (χ1n) is 8.10. The molecule has 0 unspecified atom stereocenters. The highest BCUT2D eigenvalue weighted by Crippen LogP contribution is 2.23. The Bertz CT molecular complexity index is 661. The van der Waals surface area contributed by atoms with E-state index in [0.717, 1.165) is 6.54 Å². The number of amides is 2. The van der Waals surface area contributed by atoms with Crippen molar-refractivity contribution in [3.63, 3.8) is 0 Å². The normalized spacial score (nSPS) is 12.4. The van der Waals surface area contributed by atoms with Crippen molar-refractivity contribution in [2.75, 3.05) is 19.6 Å². The monoisotopic (exact) mass is 311 g/mol. The van der Waals surface area contributed by atoms with Crippen LogP contribution >= 0.6 is 0 Å². The fraction of sp³-hybridized carbons (Fsp3) is 0.316. The van der Waals surface area contributed by atoms with Crippen molar-refractivity contribution < 1.29 is 4.79 Å². The first-order chi connectivity index (χ1) is 11.2. The lowest BCUT2D eigenvalue weighted by Gasteiger charge is -2.15. The second-order valence-electron chi connectivity index (χ2n) is 5.41. The Morgan fingerprint density at radius 1 is 1.04 bits per heavy atom. The summed E-state index contributed by atoms with van der Waals surface area (Å²) in [6, 6.07) is 15.0. The summed E-state index contributed by atoms with van der Waals surface area (Å²) in [5, 5.41) is 11.5. The van der Waals surface area contributed by atoms with Crippen LogP contribution in [0.5, 0.6) is 0 Å². The standard InChI is InChI=1S/C19H25N3O/c1-3-20-19(23)22-14-7-6-13-21-15(2)17-12-8-10-16-9-4-5-11-18(16)17/h4-12,15,21H,3,13-14H2,1-2H3,(H2,20,22,23)/b7-6+/t15-/m1/s1. The topological polar surface area (TPSA) is 53.2 Å². The average molecular weight is 311 g/mol. The number of rotatable bonds is 7. The van der Waals surface area contributed by atoms with E-state index in [1.165, 1.54) is 16.3 Å². The Labute approximate surface area is 138 Å². The van der Waals surface area contributed by atoms with E-state index in [9.17, 15) is 4.79 Å². The Hall–Kier alpha value is -2.33. The van der Waals surface area contributed by atoms with E-state index in [2.05, 4.69) is 65.3 Å². The van der Waals surface area contributed by atoms with Crippen molar-refractivity contribution in [3.8, 4) is 0 Å². The van der Waals surface area contributed by atoms with Gasteiger partial charge in [0.05, 0.1) is 0 Å². The van der Waals surface area contributed by atoms with Crippen LogP contribution in [0.3, 0.4) is 0 Å². The lowest BCUT2D eigenvalue weighted by Crippen LogP contribution is -2.35. The quantitative estimate of drug-likeness (QED) is 0.687. The molecule has 2 amide bonds. The Balaban J connectivity index is 1.82. The van der Waals surface area contributed by atoms with Crippen molar-refractivity contribution in [1.29, 1.82) is 0 Å².